The van der Waals surface area contributed by atoms with Gasteiger partial charge in [-0.2, -0.15) is 0 Å². The minimum atomic E-state index is -0.975. The van der Waals surface area contributed by atoms with Crippen molar-refractivity contribution in [3.63, 3.8) is 0 Å². The van der Waals surface area contributed by atoms with Crippen molar-refractivity contribution >= 4 is 29.1 Å². The lowest BCUT2D eigenvalue weighted by Crippen LogP contribution is -2.45. The third-order valence-corrected chi connectivity index (χ3v) is 5.37. The van der Waals surface area contributed by atoms with Crippen LogP contribution in [-0.4, -0.2) is 41.1 Å². The second-order valence-electron chi connectivity index (χ2n) is 8.78. The van der Waals surface area contributed by atoms with Gasteiger partial charge < -0.3 is 20.5 Å². The van der Waals surface area contributed by atoms with Crippen LogP contribution in [0.15, 0.2) is 60.7 Å². The number of benzene rings is 2. The van der Waals surface area contributed by atoms with Crippen molar-refractivity contribution in [3.05, 3.63) is 83.2 Å². The van der Waals surface area contributed by atoms with Gasteiger partial charge in [0.05, 0.1) is 12.7 Å². The number of hydrogen-bond donors (Lipinski definition) is 5. The van der Waals surface area contributed by atoms with Gasteiger partial charge in [0.2, 0.25) is 0 Å². The zero-order valence-corrected chi connectivity index (χ0v) is 22.2. The Labute approximate surface area is 226 Å². The van der Waals surface area contributed by atoms with Crippen molar-refractivity contribution in [3.8, 4) is 11.5 Å². The molecule has 0 aliphatic heterocycles. The first-order valence-corrected chi connectivity index (χ1v) is 12.3. The highest BCUT2D eigenvalue weighted by atomic mass is 16.5. The molecule has 0 fully saturated rings. The molecule has 3 rings (SSSR count). The van der Waals surface area contributed by atoms with Gasteiger partial charge in [-0.05, 0) is 74.9 Å². The molecule has 11 heteroatoms. The van der Waals surface area contributed by atoms with Gasteiger partial charge >= 0.3 is 0 Å². The van der Waals surface area contributed by atoms with Crippen LogP contribution in [0.25, 0.3) is 0 Å². The second kappa shape index (κ2) is 13.0. The molecule has 39 heavy (non-hydrogen) atoms. The summed E-state index contributed by atoms with van der Waals surface area (Å²) in [6.45, 7) is 7.37. The van der Waals surface area contributed by atoms with Crippen LogP contribution in [0, 0.1) is 5.41 Å². The zero-order chi connectivity index (χ0) is 28.5. The number of ether oxygens (including phenoxy) is 2. The molecule has 3 aromatic rings. The van der Waals surface area contributed by atoms with Gasteiger partial charge in [-0.1, -0.05) is 12.1 Å². The Kier molecular flexibility index (Phi) is 9.58. The number of ketones is 1. The van der Waals surface area contributed by atoms with Crippen LogP contribution in [0.1, 0.15) is 65.8 Å². The molecule has 6 N–H and O–H groups in total. The molecule has 11 nitrogen and oxygen atoms in total. The predicted molar refractivity (Wildman–Crippen MR) is 147 cm³/mol. The topological polar surface area (TPSA) is 169 Å². The van der Waals surface area contributed by atoms with E-state index in [9.17, 15) is 14.4 Å². The number of nitrogens with zero attached hydrogens (tertiary/aromatic N) is 1. The number of rotatable bonds is 11. The van der Waals surface area contributed by atoms with Crippen LogP contribution in [0.5, 0.6) is 11.5 Å². The van der Waals surface area contributed by atoms with Gasteiger partial charge in [0.15, 0.2) is 17.3 Å². The molecule has 0 saturated heterocycles. The molecule has 0 radical (unpaired) electrons. The molecule has 1 atom stereocenters. The molecule has 1 unspecified atom stereocenters. The van der Waals surface area contributed by atoms with Crippen LogP contribution in [-0.2, 0) is 4.79 Å². The maximum atomic E-state index is 13.4. The first-order valence-electron chi connectivity index (χ1n) is 12.3. The average molecular weight is 533 g/mol. The van der Waals surface area contributed by atoms with E-state index in [-0.39, 0.29) is 29.1 Å². The molecule has 0 bridgehead atoms. The van der Waals surface area contributed by atoms with Crippen LogP contribution in [0.4, 0.5) is 5.69 Å². The number of nitrogens with one attached hydrogen (secondary N) is 4. The maximum Gasteiger partial charge on any atom is 0.288 e. The highest BCUT2D eigenvalue weighted by Crippen LogP contribution is 2.32. The summed E-state index contributed by atoms with van der Waals surface area (Å²) in [5, 5.41) is 10.7. The smallest absolute Gasteiger partial charge is 0.288 e. The van der Waals surface area contributed by atoms with Crippen molar-refractivity contribution in [2.24, 2.45) is 5.73 Å². The monoisotopic (exact) mass is 532 g/mol. The number of nitrogens with two attached hydrogens (primary N) is 1. The lowest BCUT2D eigenvalue weighted by Gasteiger charge is -2.22. The number of carbonyl (C=O) groups is 3. The van der Waals surface area contributed by atoms with E-state index in [0.717, 1.165) is 0 Å². The number of amides is 2. The first kappa shape index (κ1) is 28.6. The number of nitrogen functional groups attached to an aromatic ring is 1. The first-order chi connectivity index (χ1) is 18.6. The molecule has 2 aromatic carbocycles. The Morgan fingerprint density at radius 1 is 0.974 bits per heavy atom. The van der Waals surface area contributed by atoms with Gasteiger partial charge in [0.1, 0.15) is 23.3 Å². The third-order valence-electron chi connectivity index (χ3n) is 5.37. The van der Waals surface area contributed by atoms with E-state index in [2.05, 4.69) is 21.2 Å². The molecule has 0 aliphatic carbocycles. The van der Waals surface area contributed by atoms with E-state index < -0.39 is 17.9 Å². The summed E-state index contributed by atoms with van der Waals surface area (Å²) in [5.41, 5.74) is 12.1. The lowest BCUT2D eigenvalue weighted by atomic mass is 10.0. The SMILES string of the molecule is CCOc1cc(C(Nc2ccc(C(=N)N)cc2)C(=O)NNC(=O)c2cccc(C(C)=O)n2)ccc1OC(C)C. The van der Waals surface area contributed by atoms with Crippen LogP contribution in [0.3, 0.4) is 0 Å². The number of hydrazine groups is 1. The minimum Gasteiger partial charge on any atom is -0.490 e. The number of pyridine rings is 1. The minimum absolute atomic E-state index is 0.0267. The van der Waals surface area contributed by atoms with Gasteiger partial charge in [0, 0.05) is 18.2 Å². The standard InChI is InChI=1S/C28H32N6O5/c1-5-38-24-15-19(11-14-23(24)39-16(2)3)25(31-20-12-9-18(10-13-20)26(29)30)28(37)34-33-27(36)22-8-6-7-21(32-22)17(4)35/h6-16,25,31H,5H2,1-4H3,(H3,29,30)(H,33,36)(H,34,37). The lowest BCUT2D eigenvalue weighted by molar-refractivity contribution is -0.122. The van der Waals surface area contributed by atoms with Crippen LogP contribution in [0.2, 0.25) is 0 Å². The van der Waals surface area contributed by atoms with Crippen molar-refractivity contribution in [1.29, 1.82) is 5.41 Å². The highest BCUT2D eigenvalue weighted by Gasteiger charge is 2.24. The molecule has 204 valence electrons. The number of carbonyl (C=O) groups excluding carboxylic acids is 3. The van der Waals surface area contributed by atoms with Crippen molar-refractivity contribution < 1.29 is 23.9 Å². The number of amidine groups is 1. The van der Waals surface area contributed by atoms with Gasteiger partial charge in [0.25, 0.3) is 11.8 Å². The molecule has 1 aromatic heterocycles. The number of hydrogen-bond acceptors (Lipinski definition) is 8. The fourth-order valence-electron chi connectivity index (χ4n) is 3.55. The fourth-order valence-corrected chi connectivity index (χ4v) is 3.55. The van der Waals surface area contributed by atoms with Crippen molar-refractivity contribution in [1.82, 2.24) is 15.8 Å². The van der Waals surface area contributed by atoms with Gasteiger partial charge in [-0.3, -0.25) is 30.6 Å². The van der Waals surface area contributed by atoms with Crippen molar-refractivity contribution in [2.45, 2.75) is 39.8 Å². The van der Waals surface area contributed by atoms with Crippen LogP contribution < -0.4 is 31.4 Å². The summed E-state index contributed by atoms with van der Waals surface area (Å²) in [6, 6.07) is 15.3. The predicted octanol–water partition coefficient (Wildman–Crippen LogP) is 3.37. The summed E-state index contributed by atoms with van der Waals surface area (Å²) >= 11 is 0. The van der Waals surface area contributed by atoms with Crippen molar-refractivity contribution in [2.75, 3.05) is 11.9 Å². The number of anilines is 1. The summed E-state index contributed by atoms with van der Waals surface area (Å²) in [7, 11) is 0. The summed E-state index contributed by atoms with van der Waals surface area (Å²) in [5.74, 6) is -0.643. The molecule has 1 heterocycles. The summed E-state index contributed by atoms with van der Waals surface area (Å²) in [6.07, 6.45) is -0.0857. The van der Waals surface area contributed by atoms with E-state index in [1.54, 1.807) is 42.5 Å². The van der Waals surface area contributed by atoms with E-state index >= 15 is 0 Å². The molecule has 2 amide bonds. The molecule has 0 spiro atoms. The van der Waals surface area contributed by atoms with Crippen LogP contribution >= 0.6 is 0 Å². The van der Waals surface area contributed by atoms with E-state index in [0.29, 0.717) is 34.9 Å². The largest absolute Gasteiger partial charge is 0.490 e. The normalized spacial score (nSPS) is 11.3. The summed E-state index contributed by atoms with van der Waals surface area (Å²) < 4.78 is 11.6. The van der Waals surface area contributed by atoms with Gasteiger partial charge in [-0.25, -0.2) is 4.98 Å². The van der Waals surface area contributed by atoms with E-state index in [4.69, 9.17) is 20.6 Å². The maximum absolute atomic E-state index is 13.4. The Morgan fingerprint density at radius 2 is 1.67 bits per heavy atom. The van der Waals surface area contributed by atoms with E-state index in [1.165, 1.54) is 25.1 Å². The number of Topliss-reactive ketones (excluding diaryl/α,β-unsaturated/α-hetero) is 1. The highest BCUT2D eigenvalue weighted by molar-refractivity contribution is 5.97. The quantitative estimate of drug-likeness (QED) is 0.108. The zero-order valence-electron chi connectivity index (χ0n) is 22.2. The fraction of sp³-hybridized carbons (Fsp3) is 0.250. The molecule has 0 aliphatic rings. The Hall–Kier alpha value is -4.93. The Balaban J connectivity index is 1.89. The second-order valence-corrected chi connectivity index (χ2v) is 8.78. The molecular formula is C28H32N6O5. The molecular weight excluding hydrogens is 500 g/mol. The third kappa shape index (κ3) is 7.78. The Bertz CT molecular complexity index is 1360. The van der Waals surface area contributed by atoms with E-state index in [1.807, 2.05) is 20.8 Å². The average Bonchev–Trinajstić information content (AvgIpc) is 2.91. The summed E-state index contributed by atoms with van der Waals surface area (Å²) in [4.78, 5) is 41.7. The Morgan fingerprint density at radius 3 is 2.28 bits per heavy atom. The molecule has 0 saturated carbocycles. The number of aromatic nitrogens is 1. The van der Waals surface area contributed by atoms with Gasteiger partial charge in [-0.15, -0.1) is 0 Å².